The van der Waals surface area contributed by atoms with Crippen LogP contribution in [0.2, 0.25) is 0 Å². The lowest BCUT2D eigenvalue weighted by atomic mass is 9.91. The summed E-state index contributed by atoms with van der Waals surface area (Å²) in [5.74, 6) is 0.208. The van der Waals surface area contributed by atoms with Gasteiger partial charge in [-0.15, -0.1) is 0 Å². The second kappa shape index (κ2) is 6.61. The number of esters is 1. The third kappa shape index (κ3) is 2.64. The zero-order chi connectivity index (χ0) is 19.0. The molecule has 0 bridgehead atoms. The Balaban J connectivity index is 2.00. The molecule has 1 unspecified atom stereocenters. The SMILES string of the molecule is [C-]#[N+]c1cnn2c1NC(C)=C(C(=O)OCC)C2c1cccc2ccccc12. The van der Waals surface area contributed by atoms with Crippen molar-refractivity contribution in [3.63, 3.8) is 0 Å². The summed E-state index contributed by atoms with van der Waals surface area (Å²) >= 11 is 0. The molecule has 2 aromatic carbocycles. The minimum atomic E-state index is -0.470. The van der Waals surface area contributed by atoms with Gasteiger partial charge in [0.15, 0.2) is 0 Å². The van der Waals surface area contributed by atoms with Crippen molar-refractivity contribution in [2.24, 2.45) is 0 Å². The fraction of sp³-hybridized carbons (Fsp3) is 0.190. The highest BCUT2D eigenvalue weighted by Gasteiger charge is 2.35. The Morgan fingerprint density at radius 2 is 2.07 bits per heavy atom. The van der Waals surface area contributed by atoms with Gasteiger partial charge in [-0.1, -0.05) is 42.5 Å². The van der Waals surface area contributed by atoms with Gasteiger partial charge < -0.3 is 10.1 Å². The van der Waals surface area contributed by atoms with Crippen molar-refractivity contribution < 1.29 is 9.53 Å². The number of aromatic nitrogens is 2. The molecule has 4 rings (SSSR count). The minimum absolute atomic E-state index is 0.289. The number of hydrogen-bond donors (Lipinski definition) is 1. The molecule has 0 saturated carbocycles. The van der Waals surface area contributed by atoms with Gasteiger partial charge >= 0.3 is 5.97 Å². The van der Waals surface area contributed by atoms with Crippen LogP contribution < -0.4 is 5.32 Å². The molecule has 0 aliphatic carbocycles. The average Bonchev–Trinajstić information content (AvgIpc) is 3.09. The van der Waals surface area contributed by atoms with Crippen molar-refractivity contribution in [3.05, 3.63) is 76.9 Å². The van der Waals surface area contributed by atoms with E-state index in [1.807, 2.05) is 49.4 Å². The molecule has 0 amide bonds. The van der Waals surface area contributed by atoms with Crippen LogP contribution in [0.1, 0.15) is 25.5 Å². The quantitative estimate of drug-likeness (QED) is 0.555. The molecular formula is C21H18N4O2. The maximum absolute atomic E-state index is 12.8. The van der Waals surface area contributed by atoms with Crippen molar-refractivity contribution in [1.82, 2.24) is 9.78 Å². The summed E-state index contributed by atoms with van der Waals surface area (Å²) in [5, 5.41) is 9.69. The first-order valence-corrected chi connectivity index (χ1v) is 8.73. The van der Waals surface area contributed by atoms with E-state index in [0.717, 1.165) is 16.3 Å². The lowest BCUT2D eigenvalue weighted by Crippen LogP contribution is -2.29. The van der Waals surface area contributed by atoms with Gasteiger partial charge in [0.25, 0.3) is 0 Å². The smallest absolute Gasteiger partial charge is 0.338 e. The van der Waals surface area contributed by atoms with Crippen molar-refractivity contribution >= 4 is 28.2 Å². The number of hydrogen-bond acceptors (Lipinski definition) is 4. The summed E-state index contributed by atoms with van der Waals surface area (Å²) in [6, 6.07) is 13.6. The molecule has 1 aliphatic rings. The van der Waals surface area contributed by atoms with E-state index in [1.165, 1.54) is 6.20 Å². The molecule has 0 saturated heterocycles. The zero-order valence-electron chi connectivity index (χ0n) is 15.1. The van der Waals surface area contributed by atoms with Crippen LogP contribution in [0.25, 0.3) is 15.6 Å². The Kier molecular flexibility index (Phi) is 4.13. The van der Waals surface area contributed by atoms with Crippen LogP contribution in [0, 0.1) is 6.57 Å². The maximum Gasteiger partial charge on any atom is 0.338 e. The Bertz CT molecular complexity index is 1120. The summed E-state index contributed by atoms with van der Waals surface area (Å²) in [4.78, 5) is 16.3. The van der Waals surface area contributed by atoms with E-state index in [4.69, 9.17) is 11.3 Å². The second-order valence-corrected chi connectivity index (χ2v) is 6.29. The summed E-state index contributed by atoms with van der Waals surface area (Å²) in [6.45, 7) is 11.3. The van der Waals surface area contributed by atoms with Crippen LogP contribution in [0.5, 0.6) is 0 Å². The number of carbonyl (C=O) groups is 1. The van der Waals surface area contributed by atoms with E-state index in [0.29, 0.717) is 22.8 Å². The van der Waals surface area contributed by atoms with Crippen molar-refractivity contribution in [2.75, 3.05) is 11.9 Å². The lowest BCUT2D eigenvalue weighted by Gasteiger charge is -2.30. The fourth-order valence-electron chi connectivity index (χ4n) is 3.57. The first kappa shape index (κ1) is 16.9. The van der Waals surface area contributed by atoms with Gasteiger partial charge in [0, 0.05) is 5.70 Å². The number of allylic oxidation sites excluding steroid dienone is 1. The third-order valence-corrected chi connectivity index (χ3v) is 4.74. The molecule has 6 heteroatoms. The van der Waals surface area contributed by atoms with Gasteiger partial charge in [-0.3, -0.25) is 0 Å². The molecule has 1 N–H and O–H groups in total. The predicted octanol–water partition coefficient (Wildman–Crippen LogP) is 4.44. The van der Waals surface area contributed by atoms with E-state index >= 15 is 0 Å². The number of nitrogens with one attached hydrogen (secondary N) is 1. The standard InChI is InChI=1S/C21H18N4O2/c1-4-27-21(26)18-13(2)24-20-17(22-3)12-23-25(20)19(18)16-11-7-9-14-8-5-6-10-15(14)16/h5-12,19,24H,4H2,1-2H3. The fourth-order valence-corrected chi connectivity index (χ4v) is 3.57. The van der Waals surface area contributed by atoms with Crippen LogP contribution >= 0.6 is 0 Å². The Labute approximate surface area is 156 Å². The molecule has 27 heavy (non-hydrogen) atoms. The zero-order valence-corrected chi connectivity index (χ0v) is 15.1. The number of ether oxygens (including phenoxy) is 1. The molecule has 2 heterocycles. The molecule has 134 valence electrons. The maximum atomic E-state index is 12.8. The van der Waals surface area contributed by atoms with Crippen LogP contribution in [0.3, 0.4) is 0 Å². The van der Waals surface area contributed by atoms with Gasteiger partial charge in [0.1, 0.15) is 11.9 Å². The molecule has 1 atom stereocenters. The summed E-state index contributed by atoms with van der Waals surface area (Å²) in [5.41, 5.74) is 2.53. The molecular weight excluding hydrogens is 340 g/mol. The van der Waals surface area contributed by atoms with Gasteiger partial charge in [-0.05, 0) is 30.2 Å². The van der Waals surface area contributed by atoms with E-state index in [2.05, 4.69) is 15.3 Å². The second-order valence-electron chi connectivity index (χ2n) is 6.29. The Morgan fingerprint density at radius 1 is 1.30 bits per heavy atom. The van der Waals surface area contributed by atoms with Crippen LogP contribution in [-0.2, 0) is 9.53 Å². The monoisotopic (exact) mass is 358 g/mol. The molecule has 6 nitrogen and oxygen atoms in total. The minimum Gasteiger partial charge on any atom is -0.463 e. The molecule has 0 spiro atoms. The van der Waals surface area contributed by atoms with Crippen molar-refractivity contribution in [3.8, 4) is 0 Å². The number of nitrogens with zero attached hydrogens (tertiary/aromatic N) is 3. The first-order chi connectivity index (χ1) is 13.2. The summed E-state index contributed by atoms with van der Waals surface area (Å²) < 4.78 is 7.03. The first-order valence-electron chi connectivity index (χ1n) is 8.73. The third-order valence-electron chi connectivity index (χ3n) is 4.74. The normalized spacial score (nSPS) is 15.8. The van der Waals surface area contributed by atoms with Gasteiger partial charge in [-0.25, -0.2) is 14.3 Å². The highest BCUT2D eigenvalue weighted by molar-refractivity contribution is 5.95. The van der Waals surface area contributed by atoms with Crippen LogP contribution in [-0.4, -0.2) is 22.4 Å². The Morgan fingerprint density at radius 3 is 2.85 bits per heavy atom. The highest BCUT2D eigenvalue weighted by atomic mass is 16.5. The van der Waals surface area contributed by atoms with Gasteiger partial charge in [0.2, 0.25) is 5.69 Å². The van der Waals surface area contributed by atoms with Crippen LogP contribution in [0.15, 0.2) is 59.9 Å². The van der Waals surface area contributed by atoms with Crippen LogP contribution in [0.4, 0.5) is 11.5 Å². The van der Waals surface area contributed by atoms with Crippen molar-refractivity contribution in [2.45, 2.75) is 19.9 Å². The number of rotatable bonds is 3. The largest absolute Gasteiger partial charge is 0.463 e. The number of carbonyl (C=O) groups excluding carboxylic acids is 1. The Hall–Kier alpha value is -3.59. The number of fused-ring (bicyclic) bond motifs is 2. The average molecular weight is 358 g/mol. The van der Waals surface area contributed by atoms with E-state index in [1.54, 1.807) is 11.6 Å². The van der Waals surface area contributed by atoms with E-state index < -0.39 is 6.04 Å². The topological polar surface area (TPSA) is 60.5 Å². The van der Waals surface area contributed by atoms with Gasteiger partial charge in [-0.2, -0.15) is 5.10 Å². The van der Waals surface area contributed by atoms with Crippen molar-refractivity contribution in [1.29, 1.82) is 0 Å². The lowest BCUT2D eigenvalue weighted by molar-refractivity contribution is -0.139. The number of anilines is 1. The highest BCUT2D eigenvalue weighted by Crippen LogP contribution is 2.42. The summed E-state index contributed by atoms with van der Waals surface area (Å²) in [6.07, 6.45) is 1.52. The molecule has 1 aromatic heterocycles. The predicted molar refractivity (Wildman–Crippen MR) is 104 cm³/mol. The summed E-state index contributed by atoms with van der Waals surface area (Å²) in [7, 11) is 0. The van der Waals surface area contributed by atoms with E-state index in [-0.39, 0.29) is 12.6 Å². The molecule has 0 radical (unpaired) electrons. The number of benzene rings is 2. The van der Waals surface area contributed by atoms with Gasteiger partial charge in [0.05, 0.1) is 24.9 Å². The molecule has 0 fully saturated rings. The molecule has 1 aliphatic heterocycles. The van der Waals surface area contributed by atoms with E-state index in [9.17, 15) is 4.79 Å². The molecule has 3 aromatic rings.